The summed E-state index contributed by atoms with van der Waals surface area (Å²) in [5.41, 5.74) is 2.52. The number of esters is 2. The third kappa shape index (κ3) is 11.6. The Balaban J connectivity index is 2.09. The van der Waals surface area contributed by atoms with Gasteiger partial charge in [0.15, 0.2) is 0 Å². The Labute approximate surface area is 152 Å². The van der Waals surface area contributed by atoms with Gasteiger partial charge in [0.05, 0.1) is 19.4 Å². The average molecular weight is 350 g/mol. The minimum Gasteiger partial charge on any atom is -0.465 e. The molecule has 0 N–H and O–H groups in total. The minimum atomic E-state index is -0.344. The highest BCUT2D eigenvalue weighted by atomic mass is 16.5. The van der Waals surface area contributed by atoms with Crippen molar-refractivity contribution in [2.45, 2.75) is 78.6 Å². The van der Waals surface area contributed by atoms with E-state index in [2.05, 4.69) is 19.9 Å². The number of allylic oxidation sites excluding steroid dienone is 3. The monoisotopic (exact) mass is 350 g/mol. The summed E-state index contributed by atoms with van der Waals surface area (Å²) >= 11 is 0. The number of carbonyl (C=O) groups is 2. The first kappa shape index (κ1) is 21.5. The van der Waals surface area contributed by atoms with Crippen LogP contribution in [0, 0.1) is 5.92 Å². The van der Waals surface area contributed by atoms with Gasteiger partial charge >= 0.3 is 11.9 Å². The van der Waals surface area contributed by atoms with Gasteiger partial charge in [-0.05, 0) is 58.4 Å². The molecule has 0 heterocycles. The van der Waals surface area contributed by atoms with Gasteiger partial charge < -0.3 is 9.47 Å². The zero-order chi connectivity index (χ0) is 18.5. The molecule has 0 unspecified atom stereocenters. The van der Waals surface area contributed by atoms with Crippen molar-refractivity contribution < 1.29 is 19.1 Å². The van der Waals surface area contributed by atoms with E-state index in [0.29, 0.717) is 12.5 Å². The number of rotatable bonds is 10. The van der Waals surface area contributed by atoms with E-state index in [-0.39, 0.29) is 31.4 Å². The Morgan fingerprint density at radius 1 is 0.880 bits per heavy atom. The highest BCUT2D eigenvalue weighted by molar-refractivity contribution is 5.77. The zero-order valence-electron chi connectivity index (χ0n) is 16.1. The molecule has 0 aromatic rings. The van der Waals surface area contributed by atoms with Gasteiger partial charge in [-0.25, -0.2) is 0 Å². The van der Waals surface area contributed by atoms with Crippen molar-refractivity contribution in [2.75, 3.05) is 13.2 Å². The summed E-state index contributed by atoms with van der Waals surface area (Å²) in [4.78, 5) is 23.4. The molecule has 0 aromatic heterocycles. The van der Waals surface area contributed by atoms with Crippen LogP contribution in [0.3, 0.4) is 0 Å². The predicted octanol–water partition coefficient (Wildman–Crippen LogP) is 5.13. The molecule has 0 radical (unpaired) electrons. The summed E-state index contributed by atoms with van der Waals surface area (Å²) in [5.74, 6) is -0.136. The first-order valence-corrected chi connectivity index (χ1v) is 9.57. The van der Waals surface area contributed by atoms with E-state index < -0.39 is 0 Å². The van der Waals surface area contributed by atoms with Gasteiger partial charge in [0, 0.05) is 0 Å². The molecule has 25 heavy (non-hydrogen) atoms. The van der Waals surface area contributed by atoms with Gasteiger partial charge in [-0.3, -0.25) is 9.59 Å². The van der Waals surface area contributed by atoms with Gasteiger partial charge in [0.25, 0.3) is 0 Å². The number of hydrogen-bond donors (Lipinski definition) is 0. The van der Waals surface area contributed by atoms with Crippen molar-refractivity contribution in [2.24, 2.45) is 5.92 Å². The second-order valence-corrected chi connectivity index (χ2v) is 7.24. The van der Waals surface area contributed by atoms with Crippen LogP contribution in [0.5, 0.6) is 0 Å². The first-order chi connectivity index (χ1) is 12.0. The molecule has 142 valence electrons. The lowest BCUT2D eigenvalue weighted by atomic mass is 9.90. The minimum absolute atomic E-state index is 0.0914. The lowest BCUT2D eigenvalue weighted by Crippen LogP contribution is -2.17. The van der Waals surface area contributed by atoms with E-state index in [4.69, 9.17) is 9.47 Å². The number of carbonyl (C=O) groups excluding carboxylic acids is 2. The molecular weight excluding hydrogens is 316 g/mol. The molecule has 4 heteroatoms. The molecule has 1 aliphatic rings. The van der Waals surface area contributed by atoms with Crippen LogP contribution in [0.25, 0.3) is 0 Å². The summed E-state index contributed by atoms with van der Waals surface area (Å²) in [6.07, 6.45) is 12.3. The normalized spacial score (nSPS) is 15.6. The summed E-state index contributed by atoms with van der Waals surface area (Å²) < 4.78 is 10.4. The second kappa shape index (κ2) is 12.7. The fourth-order valence-electron chi connectivity index (χ4n) is 2.88. The van der Waals surface area contributed by atoms with E-state index in [1.807, 2.05) is 13.0 Å². The molecule has 1 saturated carbocycles. The molecule has 0 spiro atoms. The molecule has 1 aliphatic carbocycles. The fourth-order valence-corrected chi connectivity index (χ4v) is 2.88. The standard InChI is InChI=1S/C21H34O4/c1-17(2)8-7-9-18(3)14-15-24-20(22)12-13-21(23)25-16-19-10-5-4-6-11-19/h8,14,19H,4-7,9-13,15-16H2,1-3H3/b18-14+. The summed E-state index contributed by atoms with van der Waals surface area (Å²) in [7, 11) is 0. The Morgan fingerprint density at radius 2 is 1.52 bits per heavy atom. The SMILES string of the molecule is CC(C)=CCC/C(C)=C/COC(=O)CCC(=O)OCC1CCCCC1. The van der Waals surface area contributed by atoms with E-state index in [1.54, 1.807) is 0 Å². The lowest BCUT2D eigenvalue weighted by molar-refractivity contribution is -0.150. The van der Waals surface area contributed by atoms with Crippen molar-refractivity contribution in [3.05, 3.63) is 23.3 Å². The van der Waals surface area contributed by atoms with Crippen molar-refractivity contribution in [1.82, 2.24) is 0 Å². The summed E-state index contributed by atoms with van der Waals surface area (Å²) in [6, 6.07) is 0. The van der Waals surface area contributed by atoms with Gasteiger partial charge in [-0.2, -0.15) is 0 Å². The Bertz CT molecular complexity index is 466. The smallest absolute Gasteiger partial charge is 0.306 e. The van der Waals surface area contributed by atoms with Crippen molar-refractivity contribution in [3.63, 3.8) is 0 Å². The zero-order valence-corrected chi connectivity index (χ0v) is 16.1. The molecule has 0 amide bonds. The lowest BCUT2D eigenvalue weighted by Gasteiger charge is -2.20. The van der Waals surface area contributed by atoms with Crippen LogP contribution in [0.1, 0.15) is 78.6 Å². The molecule has 1 fully saturated rings. The molecule has 0 aliphatic heterocycles. The van der Waals surface area contributed by atoms with Gasteiger partial charge in [-0.15, -0.1) is 0 Å². The van der Waals surface area contributed by atoms with Gasteiger partial charge in [-0.1, -0.05) is 36.5 Å². The van der Waals surface area contributed by atoms with Crippen molar-refractivity contribution >= 4 is 11.9 Å². The van der Waals surface area contributed by atoms with E-state index >= 15 is 0 Å². The van der Waals surface area contributed by atoms with E-state index in [9.17, 15) is 9.59 Å². The maximum Gasteiger partial charge on any atom is 0.306 e. The highest BCUT2D eigenvalue weighted by Gasteiger charge is 2.16. The maximum absolute atomic E-state index is 11.7. The molecule has 0 atom stereocenters. The predicted molar refractivity (Wildman–Crippen MR) is 100 cm³/mol. The van der Waals surface area contributed by atoms with Crippen LogP contribution in [0.2, 0.25) is 0 Å². The Morgan fingerprint density at radius 3 is 2.16 bits per heavy atom. The third-order valence-corrected chi connectivity index (χ3v) is 4.51. The summed E-state index contributed by atoms with van der Waals surface area (Å²) in [5, 5.41) is 0. The van der Waals surface area contributed by atoms with Crippen LogP contribution in [0.15, 0.2) is 23.3 Å². The number of ether oxygens (including phenoxy) is 2. The molecule has 1 rings (SSSR count). The van der Waals surface area contributed by atoms with Gasteiger partial charge in [0.2, 0.25) is 0 Å². The van der Waals surface area contributed by atoms with Crippen LogP contribution >= 0.6 is 0 Å². The summed E-state index contributed by atoms with van der Waals surface area (Å²) in [6.45, 7) is 6.98. The maximum atomic E-state index is 11.7. The molecule has 0 aromatic carbocycles. The van der Waals surface area contributed by atoms with E-state index in [0.717, 1.165) is 25.7 Å². The topological polar surface area (TPSA) is 52.6 Å². The number of hydrogen-bond acceptors (Lipinski definition) is 4. The molecule has 0 bridgehead atoms. The van der Waals surface area contributed by atoms with Crippen LogP contribution in [0.4, 0.5) is 0 Å². The molecule has 4 nitrogen and oxygen atoms in total. The third-order valence-electron chi connectivity index (χ3n) is 4.51. The molecular formula is C21H34O4. The second-order valence-electron chi connectivity index (χ2n) is 7.24. The van der Waals surface area contributed by atoms with Crippen molar-refractivity contribution in [1.29, 1.82) is 0 Å². The fraction of sp³-hybridized carbons (Fsp3) is 0.714. The highest BCUT2D eigenvalue weighted by Crippen LogP contribution is 2.23. The largest absolute Gasteiger partial charge is 0.465 e. The molecule has 0 saturated heterocycles. The van der Waals surface area contributed by atoms with Crippen molar-refractivity contribution in [3.8, 4) is 0 Å². The Hall–Kier alpha value is -1.58. The van der Waals surface area contributed by atoms with Crippen LogP contribution < -0.4 is 0 Å². The average Bonchev–Trinajstić information content (AvgIpc) is 2.58. The quantitative estimate of drug-likeness (QED) is 0.405. The Kier molecular flexibility index (Phi) is 10.9. The van der Waals surface area contributed by atoms with Crippen LogP contribution in [-0.2, 0) is 19.1 Å². The van der Waals surface area contributed by atoms with Gasteiger partial charge in [0.1, 0.15) is 6.61 Å². The van der Waals surface area contributed by atoms with Crippen LogP contribution in [-0.4, -0.2) is 25.2 Å². The first-order valence-electron chi connectivity index (χ1n) is 9.57. The van der Waals surface area contributed by atoms with E-state index in [1.165, 1.54) is 30.4 Å².